The Morgan fingerprint density at radius 2 is 1.93 bits per heavy atom. The first kappa shape index (κ1) is 12.5. The van der Waals surface area contributed by atoms with Gasteiger partial charge in [0, 0.05) is 19.6 Å². The maximum Gasteiger partial charge on any atom is 0.307 e. The van der Waals surface area contributed by atoms with Crippen LogP contribution in [-0.4, -0.2) is 37.1 Å². The highest BCUT2D eigenvalue weighted by Crippen LogP contribution is 2.20. The fourth-order valence-electron chi connectivity index (χ4n) is 2.46. The summed E-state index contributed by atoms with van der Waals surface area (Å²) in [7, 11) is 0. The SMILES string of the molecule is CCOC(=O)CCN1CC(C)CC(C)C1. The van der Waals surface area contributed by atoms with Crippen molar-refractivity contribution >= 4 is 5.97 Å². The van der Waals surface area contributed by atoms with Gasteiger partial charge in [-0.05, 0) is 25.2 Å². The molecule has 3 heteroatoms. The van der Waals surface area contributed by atoms with Crippen molar-refractivity contribution in [3.05, 3.63) is 0 Å². The van der Waals surface area contributed by atoms with E-state index in [1.807, 2.05) is 6.92 Å². The van der Waals surface area contributed by atoms with Crippen molar-refractivity contribution in [2.45, 2.75) is 33.6 Å². The monoisotopic (exact) mass is 213 g/mol. The van der Waals surface area contributed by atoms with E-state index in [0.717, 1.165) is 31.5 Å². The highest BCUT2D eigenvalue weighted by Gasteiger charge is 2.21. The number of carbonyl (C=O) groups is 1. The second-order valence-corrected chi connectivity index (χ2v) is 4.76. The van der Waals surface area contributed by atoms with Crippen LogP contribution in [0.2, 0.25) is 0 Å². The van der Waals surface area contributed by atoms with E-state index in [1.165, 1.54) is 6.42 Å². The van der Waals surface area contributed by atoms with Gasteiger partial charge in [-0.2, -0.15) is 0 Å². The summed E-state index contributed by atoms with van der Waals surface area (Å²) in [6.45, 7) is 10.0. The predicted molar refractivity (Wildman–Crippen MR) is 60.6 cm³/mol. The van der Waals surface area contributed by atoms with E-state index in [1.54, 1.807) is 0 Å². The number of piperidine rings is 1. The maximum atomic E-state index is 11.2. The second-order valence-electron chi connectivity index (χ2n) is 4.76. The van der Waals surface area contributed by atoms with Crippen LogP contribution in [0.5, 0.6) is 0 Å². The van der Waals surface area contributed by atoms with Crippen LogP contribution in [0.1, 0.15) is 33.6 Å². The highest BCUT2D eigenvalue weighted by molar-refractivity contribution is 5.69. The number of hydrogen-bond donors (Lipinski definition) is 0. The Morgan fingerprint density at radius 3 is 2.47 bits per heavy atom. The van der Waals surface area contributed by atoms with Crippen LogP contribution < -0.4 is 0 Å². The lowest BCUT2D eigenvalue weighted by molar-refractivity contribution is -0.143. The first-order valence-corrected chi connectivity index (χ1v) is 5.99. The Kier molecular flexibility index (Phi) is 5.09. The van der Waals surface area contributed by atoms with Crippen LogP contribution in [0.3, 0.4) is 0 Å². The summed E-state index contributed by atoms with van der Waals surface area (Å²) in [6.07, 6.45) is 1.85. The van der Waals surface area contributed by atoms with Crippen molar-refractivity contribution in [3.63, 3.8) is 0 Å². The molecule has 0 bridgehead atoms. The standard InChI is InChI=1S/C12H23NO2/c1-4-15-12(14)5-6-13-8-10(2)7-11(3)9-13/h10-11H,4-9H2,1-3H3. The molecule has 0 spiro atoms. The quantitative estimate of drug-likeness (QED) is 0.668. The topological polar surface area (TPSA) is 29.5 Å². The summed E-state index contributed by atoms with van der Waals surface area (Å²) in [4.78, 5) is 13.6. The van der Waals surface area contributed by atoms with Crippen LogP contribution in [0.15, 0.2) is 0 Å². The molecule has 88 valence electrons. The molecule has 1 fully saturated rings. The van der Waals surface area contributed by atoms with E-state index < -0.39 is 0 Å². The Morgan fingerprint density at radius 1 is 1.33 bits per heavy atom. The molecule has 1 heterocycles. The lowest BCUT2D eigenvalue weighted by Crippen LogP contribution is -2.39. The van der Waals surface area contributed by atoms with E-state index in [9.17, 15) is 4.79 Å². The lowest BCUT2D eigenvalue weighted by atomic mass is 9.92. The number of carbonyl (C=O) groups excluding carboxylic acids is 1. The van der Waals surface area contributed by atoms with Crippen LogP contribution in [0, 0.1) is 11.8 Å². The van der Waals surface area contributed by atoms with Crippen molar-refractivity contribution in [1.82, 2.24) is 4.90 Å². The summed E-state index contributed by atoms with van der Waals surface area (Å²) in [6, 6.07) is 0. The average Bonchev–Trinajstić information content (AvgIpc) is 2.14. The largest absolute Gasteiger partial charge is 0.466 e. The van der Waals surface area contributed by atoms with Gasteiger partial charge in [-0.15, -0.1) is 0 Å². The molecular weight excluding hydrogens is 190 g/mol. The van der Waals surface area contributed by atoms with Crippen LogP contribution in [0.25, 0.3) is 0 Å². The first-order valence-electron chi connectivity index (χ1n) is 5.99. The van der Waals surface area contributed by atoms with Gasteiger partial charge in [0.05, 0.1) is 13.0 Å². The fraction of sp³-hybridized carbons (Fsp3) is 0.917. The van der Waals surface area contributed by atoms with Crippen molar-refractivity contribution in [3.8, 4) is 0 Å². The molecule has 2 unspecified atom stereocenters. The lowest BCUT2D eigenvalue weighted by Gasteiger charge is -2.34. The first-order chi connectivity index (χ1) is 7.11. The van der Waals surface area contributed by atoms with E-state index in [4.69, 9.17) is 4.74 Å². The zero-order valence-electron chi connectivity index (χ0n) is 10.2. The maximum absolute atomic E-state index is 11.2. The minimum absolute atomic E-state index is 0.0663. The summed E-state index contributed by atoms with van der Waals surface area (Å²) >= 11 is 0. The van der Waals surface area contributed by atoms with E-state index >= 15 is 0 Å². The predicted octanol–water partition coefficient (Wildman–Crippen LogP) is 1.92. The van der Waals surface area contributed by atoms with Crippen LogP contribution >= 0.6 is 0 Å². The number of ether oxygens (including phenoxy) is 1. The molecule has 1 rings (SSSR count). The molecule has 0 aromatic heterocycles. The third-order valence-corrected chi connectivity index (χ3v) is 2.88. The molecule has 1 aliphatic heterocycles. The smallest absolute Gasteiger partial charge is 0.307 e. The molecule has 0 amide bonds. The third kappa shape index (κ3) is 4.65. The average molecular weight is 213 g/mol. The minimum Gasteiger partial charge on any atom is -0.466 e. The summed E-state index contributed by atoms with van der Waals surface area (Å²) in [5, 5.41) is 0. The van der Waals surface area contributed by atoms with Gasteiger partial charge in [-0.3, -0.25) is 4.79 Å². The molecule has 0 radical (unpaired) electrons. The van der Waals surface area contributed by atoms with Gasteiger partial charge in [0.2, 0.25) is 0 Å². The van der Waals surface area contributed by atoms with Gasteiger partial charge >= 0.3 is 5.97 Å². The van der Waals surface area contributed by atoms with Gasteiger partial charge in [0.1, 0.15) is 0 Å². The van der Waals surface area contributed by atoms with Crippen LogP contribution in [0.4, 0.5) is 0 Å². The number of rotatable bonds is 4. The number of likely N-dealkylation sites (tertiary alicyclic amines) is 1. The molecule has 1 saturated heterocycles. The summed E-state index contributed by atoms with van der Waals surface area (Å²) in [5.74, 6) is 1.45. The van der Waals surface area contributed by atoms with E-state index in [0.29, 0.717) is 13.0 Å². The number of nitrogens with zero attached hydrogens (tertiary/aromatic N) is 1. The molecular formula is C12H23NO2. The van der Waals surface area contributed by atoms with Crippen molar-refractivity contribution in [2.75, 3.05) is 26.2 Å². The number of esters is 1. The van der Waals surface area contributed by atoms with E-state index in [2.05, 4.69) is 18.7 Å². The van der Waals surface area contributed by atoms with Gasteiger partial charge in [0.25, 0.3) is 0 Å². The molecule has 15 heavy (non-hydrogen) atoms. The summed E-state index contributed by atoms with van der Waals surface area (Å²) in [5.41, 5.74) is 0. The Balaban J connectivity index is 2.23. The number of hydrogen-bond acceptors (Lipinski definition) is 3. The molecule has 0 aromatic carbocycles. The Labute approximate surface area is 92.8 Å². The Hall–Kier alpha value is -0.570. The highest BCUT2D eigenvalue weighted by atomic mass is 16.5. The fourth-order valence-corrected chi connectivity index (χ4v) is 2.46. The van der Waals surface area contributed by atoms with Gasteiger partial charge in [0.15, 0.2) is 0 Å². The van der Waals surface area contributed by atoms with Crippen molar-refractivity contribution in [2.24, 2.45) is 11.8 Å². The molecule has 0 aliphatic carbocycles. The molecule has 0 saturated carbocycles. The Bertz CT molecular complexity index is 196. The van der Waals surface area contributed by atoms with Gasteiger partial charge < -0.3 is 9.64 Å². The van der Waals surface area contributed by atoms with Crippen molar-refractivity contribution < 1.29 is 9.53 Å². The normalized spacial score (nSPS) is 27.7. The third-order valence-electron chi connectivity index (χ3n) is 2.88. The molecule has 0 aromatic rings. The summed E-state index contributed by atoms with van der Waals surface area (Å²) < 4.78 is 4.92. The zero-order valence-corrected chi connectivity index (χ0v) is 10.2. The molecule has 1 aliphatic rings. The van der Waals surface area contributed by atoms with Crippen molar-refractivity contribution in [1.29, 1.82) is 0 Å². The second kappa shape index (κ2) is 6.11. The van der Waals surface area contributed by atoms with Crippen LogP contribution in [-0.2, 0) is 9.53 Å². The van der Waals surface area contributed by atoms with E-state index in [-0.39, 0.29) is 5.97 Å². The van der Waals surface area contributed by atoms with Gasteiger partial charge in [-0.25, -0.2) is 0 Å². The zero-order chi connectivity index (χ0) is 11.3. The van der Waals surface area contributed by atoms with Gasteiger partial charge in [-0.1, -0.05) is 13.8 Å². The minimum atomic E-state index is -0.0663. The molecule has 3 nitrogen and oxygen atoms in total. The molecule has 2 atom stereocenters. The molecule has 0 N–H and O–H groups in total.